The van der Waals surface area contributed by atoms with E-state index < -0.39 is 0 Å². The Bertz CT molecular complexity index is 796. The summed E-state index contributed by atoms with van der Waals surface area (Å²) < 4.78 is 5.39. The van der Waals surface area contributed by atoms with Gasteiger partial charge in [-0.05, 0) is 62.6 Å². The highest BCUT2D eigenvalue weighted by molar-refractivity contribution is 6.01. The zero-order chi connectivity index (χ0) is 18.5. The molecule has 3 rings (SSSR count). The van der Waals surface area contributed by atoms with Gasteiger partial charge in [0.2, 0.25) is 5.91 Å². The highest BCUT2D eigenvalue weighted by atomic mass is 16.5. The van der Waals surface area contributed by atoms with Crippen LogP contribution in [0.2, 0.25) is 0 Å². The van der Waals surface area contributed by atoms with Crippen LogP contribution in [0.3, 0.4) is 0 Å². The average molecular weight is 351 g/mol. The molecule has 0 unspecified atom stereocenters. The molecule has 0 saturated heterocycles. The van der Waals surface area contributed by atoms with Gasteiger partial charge in [-0.3, -0.25) is 9.59 Å². The van der Waals surface area contributed by atoms with Gasteiger partial charge >= 0.3 is 0 Å². The van der Waals surface area contributed by atoms with E-state index in [-0.39, 0.29) is 24.5 Å². The fourth-order valence-electron chi connectivity index (χ4n) is 3.39. The van der Waals surface area contributed by atoms with E-state index in [9.17, 15) is 9.59 Å². The van der Waals surface area contributed by atoms with E-state index in [1.54, 1.807) is 24.3 Å². The molecule has 0 spiro atoms. The summed E-state index contributed by atoms with van der Waals surface area (Å²) in [7, 11) is 0. The number of carbonyl (C=O) groups excluding carboxylic acids is 2. The zero-order valence-electron chi connectivity index (χ0n) is 15.5. The van der Waals surface area contributed by atoms with Gasteiger partial charge in [0.15, 0.2) is 5.78 Å². The van der Waals surface area contributed by atoms with Crippen LogP contribution < -0.4 is 9.64 Å². The first-order valence-electron chi connectivity index (χ1n) is 9.24. The van der Waals surface area contributed by atoms with Gasteiger partial charge < -0.3 is 9.64 Å². The van der Waals surface area contributed by atoms with Gasteiger partial charge in [-0.25, -0.2) is 0 Å². The molecule has 2 aromatic carbocycles. The fourth-order valence-corrected chi connectivity index (χ4v) is 3.39. The van der Waals surface area contributed by atoms with Crippen molar-refractivity contribution in [3.8, 4) is 5.75 Å². The van der Waals surface area contributed by atoms with E-state index in [2.05, 4.69) is 13.0 Å². The summed E-state index contributed by atoms with van der Waals surface area (Å²) in [6, 6.07) is 13.3. The molecule has 0 fully saturated rings. The number of benzene rings is 2. The van der Waals surface area contributed by atoms with Crippen molar-refractivity contribution in [2.45, 2.75) is 39.5 Å². The molecule has 136 valence electrons. The number of carbonyl (C=O) groups is 2. The first-order valence-corrected chi connectivity index (χ1v) is 9.24. The Hall–Kier alpha value is -2.62. The monoisotopic (exact) mass is 351 g/mol. The summed E-state index contributed by atoms with van der Waals surface area (Å²) in [6.07, 6.45) is 2.44. The quantitative estimate of drug-likeness (QED) is 0.728. The van der Waals surface area contributed by atoms with Crippen LogP contribution in [0, 0.1) is 6.92 Å². The van der Waals surface area contributed by atoms with Crippen LogP contribution in [0.15, 0.2) is 42.5 Å². The number of anilines is 1. The van der Waals surface area contributed by atoms with Gasteiger partial charge in [0.05, 0.1) is 6.61 Å². The molecule has 1 aliphatic rings. The Balaban J connectivity index is 1.61. The summed E-state index contributed by atoms with van der Waals surface area (Å²) in [5, 5.41) is 0. The smallest absolute Gasteiger partial charge is 0.227 e. The standard InChI is InChI=1S/C22H25NO3/c1-3-26-19-9-7-17(8-10-19)21(24)12-13-22(25)23-14-4-5-18-15-16(2)6-11-20(18)23/h6-11,15H,3-5,12-14H2,1-2H3. The lowest BCUT2D eigenvalue weighted by Gasteiger charge is -2.29. The summed E-state index contributed by atoms with van der Waals surface area (Å²) in [4.78, 5) is 26.9. The van der Waals surface area contributed by atoms with Crippen molar-refractivity contribution in [3.05, 3.63) is 59.2 Å². The number of ether oxygens (including phenoxy) is 1. The molecule has 0 aliphatic carbocycles. The minimum Gasteiger partial charge on any atom is -0.494 e. The molecule has 2 aromatic rings. The van der Waals surface area contributed by atoms with Crippen LogP contribution in [0.5, 0.6) is 5.75 Å². The van der Waals surface area contributed by atoms with Crippen LogP contribution in [-0.4, -0.2) is 24.8 Å². The van der Waals surface area contributed by atoms with Crippen molar-refractivity contribution in [1.29, 1.82) is 0 Å². The molecule has 0 radical (unpaired) electrons. The van der Waals surface area contributed by atoms with E-state index in [1.807, 2.05) is 24.0 Å². The molecule has 4 heteroatoms. The topological polar surface area (TPSA) is 46.6 Å². The van der Waals surface area contributed by atoms with Crippen LogP contribution in [0.25, 0.3) is 0 Å². The molecule has 0 atom stereocenters. The third kappa shape index (κ3) is 4.13. The lowest BCUT2D eigenvalue weighted by atomic mass is 9.98. The van der Waals surface area contributed by atoms with E-state index in [0.717, 1.165) is 30.8 Å². The SMILES string of the molecule is CCOc1ccc(C(=O)CCC(=O)N2CCCc3cc(C)ccc32)cc1. The van der Waals surface area contributed by atoms with Gasteiger partial charge in [-0.1, -0.05) is 17.7 Å². The normalized spacial score (nSPS) is 13.2. The van der Waals surface area contributed by atoms with Crippen LogP contribution in [0.1, 0.15) is 47.7 Å². The molecule has 0 aromatic heterocycles. The Labute approximate surface area is 154 Å². The predicted molar refractivity (Wildman–Crippen MR) is 103 cm³/mol. The van der Waals surface area contributed by atoms with Crippen molar-refractivity contribution in [2.75, 3.05) is 18.1 Å². The Morgan fingerprint density at radius 1 is 1.08 bits per heavy atom. The molecule has 1 aliphatic heterocycles. The number of aryl methyl sites for hydroxylation is 2. The molecule has 0 saturated carbocycles. The molecule has 0 N–H and O–H groups in total. The first kappa shape index (κ1) is 18.2. The second kappa shape index (κ2) is 8.17. The van der Waals surface area contributed by atoms with Gasteiger partial charge in [-0.2, -0.15) is 0 Å². The third-order valence-corrected chi connectivity index (χ3v) is 4.71. The van der Waals surface area contributed by atoms with E-state index >= 15 is 0 Å². The number of hydrogen-bond donors (Lipinski definition) is 0. The van der Waals surface area contributed by atoms with Crippen molar-refractivity contribution < 1.29 is 14.3 Å². The minimum absolute atomic E-state index is 0.0115. The second-order valence-corrected chi connectivity index (χ2v) is 6.66. The van der Waals surface area contributed by atoms with E-state index in [0.29, 0.717) is 12.2 Å². The van der Waals surface area contributed by atoms with Crippen LogP contribution >= 0.6 is 0 Å². The second-order valence-electron chi connectivity index (χ2n) is 6.66. The number of hydrogen-bond acceptors (Lipinski definition) is 3. The van der Waals surface area contributed by atoms with Crippen LogP contribution in [0.4, 0.5) is 5.69 Å². The molecular weight excluding hydrogens is 326 g/mol. The first-order chi connectivity index (χ1) is 12.6. The summed E-state index contributed by atoms with van der Waals surface area (Å²) >= 11 is 0. The van der Waals surface area contributed by atoms with E-state index in [4.69, 9.17) is 4.74 Å². The number of rotatable bonds is 6. The van der Waals surface area contributed by atoms with Crippen molar-refractivity contribution in [2.24, 2.45) is 0 Å². The molecule has 1 heterocycles. The maximum Gasteiger partial charge on any atom is 0.227 e. The van der Waals surface area contributed by atoms with Crippen molar-refractivity contribution >= 4 is 17.4 Å². The van der Waals surface area contributed by atoms with Crippen molar-refractivity contribution in [1.82, 2.24) is 0 Å². The molecule has 26 heavy (non-hydrogen) atoms. The van der Waals surface area contributed by atoms with E-state index in [1.165, 1.54) is 11.1 Å². The highest BCUT2D eigenvalue weighted by Gasteiger charge is 2.23. The minimum atomic E-state index is -0.0115. The molecule has 0 bridgehead atoms. The molecular formula is C22H25NO3. The number of Topliss-reactive ketones (excluding diaryl/α,β-unsaturated/α-hetero) is 1. The summed E-state index contributed by atoms with van der Waals surface area (Å²) in [5.41, 5.74) is 4.06. The largest absolute Gasteiger partial charge is 0.494 e. The molecule has 4 nitrogen and oxygen atoms in total. The number of ketones is 1. The number of amides is 1. The number of fused-ring (bicyclic) bond motifs is 1. The lowest BCUT2D eigenvalue weighted by Crippen LogP contribution is -2.35. The maximum absolute atomic E-state index is 12.7. The van der Waals surface area contributed by atoms with Gasteiger partial charge in [-0.15, -0.1) is 0 Å². The average Bonchev–Trinajstić information content (AvgIpc) is 2.66. The molecule has 1 amide bonds. The summed E-state index contributed by atoms with van der Waals surface area (Å²) in [5.74, 6) is 0.761. The van der Waals surface area contributed by atoms with Gasteiger partial charge in [0.1, 0.15) is 5.75 Å². The maximum atomic E-state index is 12.7. The van der Waals surface area contributed by atoms with Gasteiger partial charge in [0.25, 0.3) is 0 Å². The lowest BCUT2D eigenvalue weighted by molar-refractivity contribution is -0.118. The Morgan fingerprint density at radius 3 is 2.58 bits per heavy atom. The predicted octanol–water partition coefficient (Wildman–Crippen LogP) is 4.34. The Morgan fingerprint density at radius 2 is 1.85 bits per heavy atom. The summed E-state index contributed by atoms with van der Waals surface area (Å²) in [6.45, 7) is 5.31. The highest BCUT2D eigenvalue weighted by Crippen LogP contribution is 2.28. The van der Waals surface area contributed by atoms with Crippen molar-refractivity contribution in [3.63, 3.8) is 0 Å². The van der Waals surface area contributed by atoms with Crippen LogP contribution in [-0.2, 0) is 11.2 Å². The fraction of sp³-hybridized carbons (Fsp3) is 0.364. The number of nitrogens with zero attached hydrogens (tertiary/aromatic N) is 1. The Kier molecular flexibility index (Phi) is 5.71. The third-order valence-electron chi connectivity index (χ3n) is 4.71. The van der Waals surface area contributed by atoms with Gasteiger partial charge in [0, 0.05) is 30.6 Å². The zero-order valence-corrected chi connectivity index (χ0v) is 15.5.